The lowest BCUT2D eigenvalue weighted by atomic mass is 10.1. The van der Waals surface area contributed by atoms with Crippen molar-refractivity contribution in [3.05, 3.63) is 28.2 Å². The lowest BCUT2D eigenvalue weighted by Gasteiger charge is -2.20. The molecule has 1 saturated heterocycles. The summed E-state index contributed by atoms with van der Waals surface area (Å²) in [6.45, 7) is 3.85. The van der Waals surface area contributed by atoms with Gasteiger partial charge in [-0.2, -0.15) is 0 Å². The summed E-state index contributed by atoms with van der Waals surface area (Å²) in [4.78, 5) is 13.6. The van der Waals surface area contributed by atoms with E-state index in [2.05, 4.69) is 20.8 Å². The molecule has 0 spiro atoms. The molecule has 1 atom stereocenters. The molecule has 2 rings (SSSR count). The van der Waals surface area contributed by atoms with Crippen molar-refractivity contribution >= 4 is 27.4 Å². The Morgan fingerprint density at radius 3 is 2.94 bits per heavy atom. The van der Waals surface area contributed by atoms with Crippen LogP contribution < -0.4 is 4.90 Å². The molecule has 1 aliphatic rings. The van der Waals surface area contributed by atoms with E-state index in [0.717, 1.165) is 41.7 Å². The average Bonchev–Trinajstić information content (AvgIpc) is 2.77. The zero-order valence-corrected chi connectivity index (χ0v) is 12.1. The molecule has 0 bridgehead atoms. The van der Waals surface area contributed by atoms with Gasteiger partial charge in [-0.05, 0) is 59.8 Å². The Hall–Kier alpha value is -0.870. The first-order valence-electron chi connectivity index (χ1n) is 6.28. The van der Waals surface area contributed by atoms with Gasteiger partial charge in [-0.3, -0.25) is 4.79 Å². The Bertz CT molecular complexity index is 447. The summed E-state index contributed by atoms with van der Waals surface area (Å²) >= 11 is 3.54. The number of hydrogen-bond donors (Lipinski definition) is 1. The number of hydrogen-bond acceptors (Lipinski definition) is 3. The molecular weight excluding hydrogens is 294 g/mol. The standard InChI is InChI=1S/C14H18BrNO2/c1-10(18)12-2-3-14(13(15)8-12)16-6-4-11(9-16)5-7-17/h2-3,8,11,17H,4-7,9H2,1H3. The molecule has 1 aromatic carbocycles. The molecule has 1 unspecified atom stereocenters. The quantitative estimate of drug-likeness (QED) is 0.869. The first-order chi connectivity index (χ1) is 8.61. The number of benzene rings is 1. The third-order valence-electron chi connectivity index (χ3n) is 3.52. The maximum Gasteiger partial charge on any atom is 0.159 e. The fourth-order valence-corrected chi connectivity index (χ4v) is 3.08. The van der Waals surface area contributed by atoms with Gasteiger partial charge in [0.1, 0.15) is 0 Å². The molecular formula is C14H18BrNO2. The van der Waals surface area contributed by atoms with Gasteiger partial charge >= 0.3 is 0 Å². The molecule has 0 radical (unpaired) electrons. The molecule has 4 heteroatoms. The smallest absolute Gasteiger partial charge is 0.159 e. The summed E-state index contributed by atoms with van der Waals surface area (Å²) in [5.41, 5.74) is 1.87. The van der Waals surface area contributed by atoms with Crippen LogP contribution in [-0.2, 0) is 0 Å². The van der Waals surface area contributed by atoms with Crippen molar-refractivity contribution in [1.82, 2.24) is 0 Å². The summed E-state index contributed by atoms with van der Waals surface area (Å²) in [6.07, 6.45) is 2.00. The predicted molar refractivity (Wildman–Crippen MR) is 76.2 cm³/mol. The summed E-state index contributed by atoms with van der Waals surface area (Å²) in [5, 5.41) is 8.97. The van der Waals surface area contributed by atoms with E-state index in [9.17, 15) is 4.79 Å². The van der Waals surface area contributed by atoms with Gasteiger partial charge in [-0.1, -0.05) is 0 Å². The second-order valence-electron chi connectivity index (χ2n) is 4.84. The number of ketones is 1. The fraction of sp³-hybridized carbons (Fsp3) is 0.500. The van der Waals surface area contributed by atoms with E-state index in [4.69, 9.17) is 5.11 Å². The molecule has 0 aliphatic carbocycles. The van der Waals surface area contributed by atoms with Crippen LogP contribution in [0.25, 0.3) is 0 Å². The number of nitrogens with zero attached hydrogens (tertiary/aromatic N) is 1. The molecule has 3 nitrogen and oxygen atoms in total. The number of aliphatic hydroxyl groups is 1. The molecule has 1 N–H and O–H groups in total. The van der Waals surface area contributed by atoms with Crippen molar-refractivity contribution < 1.29 is 9.90 Å². The SMILES string of the molecule is CC(=O)c1ccc(N2CCC(CCO)C2)c(Br)c1. The molecule has 98 valence electrons. The van der Waals surface area contributed by atoms with Gasteiger partial charge in [-0.25, -0.2) is 0 Å². The Balaban J connectivity index is 2.12. The van der Waals surface area contributed by atoms with Crippen LogP contribution in [0, 0.1) is 5.92 Å². The summed E-state index contributed by atoms with van der Waals surface area (Å²) < 4.78 is 0.972. The molecule has 1 heterocycles. The highest BCUT2D eigenvalue weighted by atomic mass is 79.9. The third kappa shape index (κ3) is 2.93. The molecule has 0 aromatic heterocycles. The van der Waals surface area contributed by atoms with Crippen molar-refractivity contribution in [3.8, 4) is 0 Å². The molecule has 0 amide bonds. The second-order valence-corrected chi connectivity index (χ2v) is 5.69. The predicted octanol–water partition coefficient (Wildman–Crippen LogP) is 2.86. The Morgan fingerprint density at radius 1 is 1.56 bits per heavy atom. The zero-order chi connectivity index (χ0) is 13.1. The molecule has 18 heavy (non-hydrogen) atoms. The number of halogens is 1. The van der Waals surface area contributed by atoms with Crippen molar-refractivity contribution in [2.45, 2.75) is 19.8 Å². The molecule has 1 fully saturated rings. The largest absolute Gasteiger partial charge is 0.396 e. The number of aliphatic hydroxyl groups excluding tert-OH is 1. The zero-order valence-electron chi connectivity index (χ0n) is 10.5. The number of rotatable bonds is 4. The van der Waals surface area contributed by atoms with E-state index < -0.39 is 0 Å². The number of carbonyl (C=O) groups excluding carboxylic acids is 1. The molecule has 1 aromatic rings. The Kier molecular flexibility index (Phi) is 4.40. The topological polar surface area (TPSA) is 40.5 Å². The lowest BCUT2D eigenvalue weighted by Crippen LogP contribution is -2.20. The van der Waals surface area contributed by atoms with Crippen molar-refractivity contribution in [2.24, 2.45) is 5.92 Å². The van der Waals surface area contributed by atoms with Gasteiger partial charge in [0, 0.05) is 29.7 Å². The van der Waals surface area contributed by atoms with E-state index in [-0.39, 0.29) is 12.4 Å². The maximum atomic E-state index is 11.3. The average molecular weight is 312 g/mol. The minimum Gasteiger partial charge on any atom is -0.396 e. The van der Waals surface area contributed by atoms with Crippen molar-refractivity contribution in [1.29, 1.82) is 0 Å². The van der Waals surface area contributed by atoms with Crippen LogP contribution in [0.4, 0.5) is 5.69 Å². The van der Waals surface area contributed by atoms with E-state index >= 15 is 0 Å². The van der Waals surface area contributed by atoms with Crippen LogP contribution in [0.3, 0.4) is 0 Å². The summed E-state index contributed by atoms with van der Waals surface area (Å²) in [6, 6.07) is 5.76. The summed E-state index contributed by atoms with van der Waals surface area (Å²) in [5.74, 6) is 0.663. The molecule has 0 saturated carbocycles. The van der Waals surface area contributed by atoms with Gasteiger partial charge in [0.05, 0.1) is 5.69 Å². The van der Waals surface area contributed by atoms with Crippen LogP contribution in [0.2, 0.25) is 0 Å². The van der Waals surface area contributed by atoms with Crippen LogP contribution in [0.15, 0.2) is 22.7 Å². The first-order valence-corrected chi connectivity index (χ1v) is 7.07. The summed E-state index contributed by atoms with van der Waals surface area (Å²) in [7, 11) is 0. The van der Waals surface area contributed by atoms with Crippen LogP contribution in [0.5, 0.6) is 0 Å². The molecule has 1 aliphatic heterocycles. The Labute approximate surface area is 116 Å². The highest BCUT2D eigenvalue weighted by Crippen LogP contribution is 2.32. The van der Waals surface area contributed by atoms with Gasteiger partial charge in [-0.15, -0.1) is 0 Å². The normalized spacial score (nSPS) is 19.3. The van der Waals surface area contributed by atoms with Gasteiger partial charge in [0.25, 0.3) is 0 Å². The third-order valence-corrected chi connectivity index (χ3v) is 4.15. The monoisotopic (exact) mass is 311 g/mol. The second kappa shape index (κ2) is 5.85. The van der Waals surface area contributed by atoms with Gasteiger partial charge < -0.3 is 10.0 Å². The van der Waals surface area contributed by atoms with Crippen molar-refractivity contribution in [2.75, 3.05) is 24.6 Å². The highest BCUT2D eigenvalue weighted by Gasteiger charge is 2.23. The van der Waals surface area contributed by atoms with E-state index in [1.54, 1.807) is 6.92 Å². The van der Waals surface area contributed by atoms with Crippen molar-refractivity contribution in [3.63, 3.8) is 0 Å². The first kappa shape index (κ1) is 13.6. The Morgan fingerprint density at radius 2 is 2.33 bits per heavy atom. The van der Waals surface area contributed by atoms with Gasteiger partial charge in [0.15, 0.2) is 5.78 Å². The minimum atomic E-state index is 0.0850. The fourth-order valence-electron chi connectivity index (χ4n) is 2.45. The van der Waals surface area contributed by atoms with Crippen LogP contribution in [-0.4, -0.2) is 30.6 Å². The van der Waals surface area contributed by atoms with Crippen LogP contribution in [0.1, 0.15) is 30.1 Å². The number of Topliss-reactive ketones (excluding diaryl/α,β-unsaturated/α-hetero) is 1. The number of carbonyl (C=O) groups is 1. The number of anilines is 1. The minimum absolute atomic E-state index is 0.0850. The van der Waals surface area contributed by atoms with E-state index in [1.165, 1.54) is 0 Å². The lowest BCUT2D eigenvalue weighted by molar-refractivity contribution is 0.101. The van der Waals surface area contributed by atoms with E-state index in [0.29, 0.717) is 5.92 Å². The van der Waals surface area contributed by atoms with Crippen LogP contribution >= 0.6 is 15.9 Å². The van der Waals surface area contributed by atoms with Gasteiger partial charge in [0.2, 0.25) is 0 Å². The van der Waals surface area contributed by atoms with E-state index in [1.807, 2.05) is 18.2 Å². The maximum absolute atomic E-state index is 11.3. The highest BCUT2D eigenvalue weighted by molar-refractivity contribution is 9.10.